The monoisotopic (exact) mass is 311 g/mol. The Hall–Kier alpha value is -2.95. The van der Waals surface area contributed by atoms with E-state index in [1.165, 1.54) is 36.2 Å². The molecule has 0 unspecified atom stereocenters. The summed E-state index contributed by atoms with van der Waals surface area (Å²) in [5.41, 5.74) is 1.02. The van der Waals surface area contributed by atoms with Crippen LogP contribution in [0.25, 0.3) is 5.76 Å². The lowest BCUT2D eigenvalue weighted by molar-refractivity contribution is -0.139. The number of aliphatic hydroxyl groups is 1. The van der Waals surface area contributed by atoms with Crippen molar-refractivity contribution in [3.63, 3.8) is 0 Å². The molecule has 0 aromatic heterocycles. The predicted octanol–water partition coefficient (Wildman–Crippen LogP) is 2.88. The van der Waals surface area contributed by atoms with Gasteiger partial charge in [0.25, 0.3) is 11.7 Å². The molecule has 2 aromatic carbocycles. The van der Waals surface area contributed by atoms with Crippen LogP contribution in [-0.2, 0) is 9.59 Å². The van der Waals surface area contributed by atoms with Crippen molar-refractivity contribution in [2.45, 2.75) is 6.04 Å². The number of carbonyl (C=O) groups is 2. The Morgan fingerprint density at radius 3 is 2.26 bits per heavy atom. The molecule has 1 aliphatic rings. The number of likely N-dealkylation sites (tertiary alicyclic amines) is 1. The topological polar surface area (TPSA) is 57.6 Å². The summed E-state index contributed by atoms with van der Waals surface area (Å²) in [4.78, 5) is 25.6. The molecule has 1 N–H and O–H groups in total. The van der Waals surface area contributed by atoms with Gasteiger partial charge in [-0.3, -0.25) is 9.59 Å². The lowest BCUT2D eigenvalue weighted by Crippen LogP contribution is -2.24. The molecule has 0 bridgehead atoms. The van der Waals surface area contributed by atoms with Crippen LogP contribution in [-0.4, -0.2) is 28.7 Å². The van der Waals surface area contributed by atoms with Gasteiger partial charge in [-0.25, -0.2) is 4.39 Å². The summed E-state index contributed by atoms with van der Waals surface area (Å²) in [6, 6.07) is 13.3. The molecule has 5 heteroatoms. The standard InChI is InChI=1S/C18H14FNO3/c1-20-15(11-7-9-13(19)10-8-11)14(17(22)18(20)23)16(21)12-5-3-2-4-6-12/h2-10,15,21H,1H3/t15-/m0/s1. The highest BCUT2D eigenvalue weighted by atomic mass is 19.1. The molecule has 1 saturated heterocycles. The highest BCUT2D eigenvalue weighted by molar-refractivity contribution is 6.46. The van der Waals surface area contributed by atoms with Gasteiger partial charge in [0.05, 0.1) is 11.6 Å². The van der Waals surface area contributed by atoms with Crippen molar-refractivity contribution in [2.75, 3.05) is 7.05 Å². The first-order valence-corrected chi connectivity index (χ1v) is 7.06. The van der Waals surface area contributed by atoms with Gasteiger partial charge in [-0.15, -0.1) is 0 Å². The van der Waals surface area contributed by atoms with Gasteiger partial charge in [-0.1, -0.05) is 42.5 Å². The van der Waals surface area contributed by atoms with Crippen molar-refractivity contribution >= 4 is 17.4 Å². The van der Waals surface area contributed by atoms with Crippen LogP contribution in [0.2, 0.25) is 0 Å². The first-order chi connectivity index (χ1) is 11.0. The lowest BCUT2D eigenvalue weighted by atomic mass is 9.95. The molecule has 1 fully saturated rings. The predicted molar refractivity (Wildman–Crippen MR) is 82.9 cm³/mol. The van der Waals surface area contributed by atoms with Crippen LogP contribution in [0.3, 0.4) is 0 Å². The Bertz CT molecular complexity index is 797. The van der Waals surface area contributed by atoms with E-state index in [1.54, 1.807) is 30.3 Å². The van der Waals surface area contributed by atoms with Gasteiger partial charge in [0.2, 0.25) is 0 Å². The molecule has 0 saturated carbocycles. The van der Waals surface area contributed by atoms with Crippen LogP contribution in [0, 0.1) is 5.82 Å². The Kier molecular flexibility index (Phi) is 3.70. The molecule has 4 nitrogen and oxygen atoms in total. The molecule has 0 aliphatic carbocycles. The minimum atomic E-state index is -0.747. The van der Waals surface area contributed by atoms with E-state index in [0.717, 1.165) is 0 Å². The molecular formula is C18H14FNO3. The average molecular weight is 311 g/mol. The van der Waals surface area contributed by atoms with Crippen molar-refractivity contribution < 1.29 is 19.1 Å². The Morgan fingerprint density at radius 2 is 1.65 bits per heavy atom. The number of benzene rings is 2. The number of Topliss-reactive ketones (excluding diaryl/α,β-unsaturated/α-hetero) is 1. The number of likely N-dealkylation sites (N-methyl/N-ethyl adjacent to an activating group) is 1. The van der Waals surface area contributed by atoms with E-state index in [2.05, 4.69) is 0 Å². The number of hydrogen-bond donors (Lipinski definition) is 1. The zero-order valence-corrected chi connectivity index (χ0v) is 12.4. The smallest absolute Gasteiger partial charge is 0.295 e. The van der Waals surface area contributed by atoms with E-state index in [-0.39, 0.29) is 11.3 Å². The molecule has 1 amide bonds. The van der Waals surface area contributed by atoms with E-state index in [9.17, 15) is 19.1 Å². The van der Waals surface area contributed by atoms with E-state index < -0.39 is 23.5 Å². The normalized spacial score (nSPS) is 20.1. The third-order valence-electron chi connectivity index (χ3n) is 3.91. The van der Waals surface area contributed by atoms with E-state index in [0.29, 0.717) is 11.1 Å². The zero-order chi connectivity index (χ0) is 16.6. The maximum Gasteiger partial charge on any atom is 0.295 e. The molecule has 1 aliphatic heterocycles. The van der Waals surface area contributed by atoms with E-state index in [1.807, 2.05) is 0 Å². The first-order valence-electron chi connectivity index (χ1n) is 7.06. The second kappa shape index (κ2) is 5.68. The van der Waals surface area contributed by atoms with Gasteiger partial charge in [-0.05, 0) is 17.7 Å². The minimum absolute atomic E-state index is 0.00954. The number of ketones is 1. The number of halogens is 1. The maximum absolute atomic E-state index is 13.1. The summed E-state index contributed by atoms with van der Waals surface area (Å²) in [6.07, 6.45) is 0. The molecule has 0 radical (unpaired) electrons. The molecule has 23 heavy (non-hydrogen) atoms. The molecule has 1 heterocycles. The number of carbonyl (C=O) groups excluding carboxylic acids is 2. The van der Waals surface area contributed by atoms with Crippen molar-refractivity contribution in [1.29, 1.82) is 0 Å². The summed E-state index contributed by atoms with van der Waals surface area (Å²) in [7, 11) is 1.49. The van der Waals surface area contributed by atoms with Gasteiger partial charge in [-0.2, -0.15) is 0 Å². The number of amides is 1. The Labute approximate surface area is 132 Å². The summed E-state index contributed by atoms with van der Waals surface area (Å²) in [6.45, 7) is 0. The number of aliphatic hydroxyl groups excluding tert-OH is 1. The van der Waals surface area contributed by atoms with Gasteiger partial charge in [0, 0.05) is 12.6 Å². The molecule has 1 atom stereocenters. The van der Waals surface area contributed by atoms with Gasteiger partial charge < -0.3 is 10.0 Å². The van der Waals surface area contributed by atoms with Crippen molar-refractivity contribution in [1.82, 2.24) is 4.90 Å². The van der Waals surface area contributed by atoms with Crippen LogP contribution < -0.4 is 0 Å². The Morgan fingerprint density at radius 1 is 1.04 bits per heavy atom. The van der Waals surface area contributed by atoms with Gasteiger partial charge in [0.1, 0.15) is 11.6 Å². The second-order valence-electron chi connectivity index (χ2n) is 5.33. The molecule has 2 aromatic rings. The molecule has 3 rings (SSSR count). The largest absolute Gasteiger partial charge is 0.507 e. The van der Waals surface area contributed by atoms with Crippen LogP contribution >= 0.6 is 0 Å². The Balaban J connectivity index is 2.17. The summed E-state index contributed by atoms with van der Waals surface area (Å²) >= 11 is 0. The number of hydrogen-bond acceptors (Lipinski definition) is 3. The summed E-state index contributed by atoms with van der Waals surface area (Å²) in [5, 5.41) is 10.5. The average Bonchev–Trinajstić information content (AvgIpc) is 2.80. The van der Waals surface area contributed by atoms with E-state index in [4.69, 9.17) is 0 Å². The zero-order valence-electron chi connectivity index (χ0n) is 12.4. The van der Waals surface area contributed by atoms with Crippen molar-refractivity contribution in [3.8, 4) is 0 Å². The van der Waals surface area contributed by atoms with Crippen molar-refractivity contribution in [2.24, 2.45) is 0 Å². The van der Waals surface area contributed by atoms with E-state index >= 15 is 0 Å². The van der Waals surface area contributed by atoms with Crippen LogP contribution in [0.5, 0.6) is 0 Å². The maximum atomic E-state index is 13.1. The number of nitrogens with zero attached hydrogens (tertiary/aromatic N) is 1. The molecular weight excluding hydrogens is 297 g/mol. The fourth-order valence-electron chi connectivity index (χ4n) is 2.73. The van der Waals surface area contributed by atoms with Crippen LogP contribution in [0.1, 0.15) is 17.2 Å². The fourth-order valence-corrected chi connectivity index (χ4v) is 2.73. The second-order valence-corrected chi connectivity index (χ2v) is 5.33. The quantitative estimate of drug-likeness (QED) is 0.527. The number of rotatable bonds is 2. The summed E-state index contributed by atoms with van der Waals surface area (Å²) < 4.78 is 13.1. The third kappa shape index (κ3) is 2.50. The lowest BCUT2D eigenvalue weighted by Gasteiger charge is -2.20. The van der Waals surface area contributed by atoms with Gasteiger partial charge >= 0.3 is 0 Å². The molecule has 0 spiro atoms. The highest BCUT2D eigenvalue weighted by Gasteiger charge is 2.44. The van der Waals surface area contributed by atoms with Crippen LogP contribution in [0.15, 0.2) is 60.2 Å². The first kappa shape index (κ1) is 15.0. The summed E-state index contributed by atoms with van der Waals surface area (Å²) in [5.74, 6) is -2.09. The molecule has 116 valence electrons. The minimum Gasteiger partial charge on any atom is -0.507 e. The highest BCUT2D eigenvalue weighted by Crippen LogP contribution is 2.38. The SMILES string of the molecule is CN1C(=O)C(=O)C(=C(O)c2ccccc2)[C@@H]1c1ccc(F)cc1. The van der Waals surface area contributed by atoms with Gasteiger partial charge in [0.15, 0.2) is 0 Å². The van der Waals surface area contributed by atoms with Crippen molar-refractivity contribution in [3.05, 3.63) is 77.1 Å². The van der Waals surface area contributed by atoms with Crippen LogP contribution in [0.4, 0.5) is 4.39 Å². The third-order valence-corrected chi connectivity index (χ3v) is 3.91. The fraction of sp³-hybridized carbons (Fsp3) is 0.111.